The summed E-state index contributed by atoms with van der Waals surface area (Å²) in [6.45, 7) is 6.64. The molecule has 8 aromatic carbocycles. The first-order chi connectivity index (χ1) is 29.3. The lowest BCUT2D eigenvalue weighted by molar-refractivity contribution is 0.419. The van der Waals surface area contributed by atoms with Crippen LogP contribution >= 0.6 is 0 Å². The minimum absolute atomic E-state index is 0.0317. The van der Waals surface area contributed by atoms with Crippen LogP contribution < -0.4 is 37.5 Å². The number of benzene rings is 8. The van der Waals surface area contributed by atoms with E-state index >= 15 is 0 Å². The number of phenolic OH excluding ortho intramolecular Hbond substituents is 1. The molecular formula is C54H36B2N2O2. The standard InChI is InChI=1S/C54H36B2N2O2/c1-54(2,3)35-27-33(26-34(28-35)43-29-32(24-25-57-43)30-12-5-4-6-13-30)42-23-22-37-36-21-20-31-14-11-18-41-45(31)46(36)47-48(51(37)58-42)52(59)53-50-49(47)56(41)39-16-8-7-15-38(39)55(50)40-17-9-10-19-44(40)60-53/h4-29,59H,1-3H3. The Balaban J connectivity index is 1.13. The molecule has 0 unspecified atom stereocenters. The number of aromatic nitrogens is 2. The van der Waals surface area contributed by atoms with Crippen molar-refractivity contribution in [3.63, 3.8) is 0 Å². The first-order valence-electron chi connectivity index (χ1n) is 20.9. The molecule has 60 heavy (non-hydrogen) atoms. The third kappa shape index (κ3) is 4.53. The van der Waals surface area contributed by atoms with Gasteiger partial charge in [0.25, 0.3) is 0 Å². The Kier molecular flexibility index (Phi) is 6.73. The molecule has 3 aliphatic heterocycles. The minimum atomic E-state index is -0.132. The number of fused-ring (bicyclic) bond motifs is 9. The third-order valence-corrected chi connectivity index (χ3v) is 13.5. The van der Waals surface area contributed by atoms with Gasteiger partial charge in [-0.15, -0.1) is 0 Å². The van der Waals surface area contributed by atoms with Gasteiger partial charge in [-0.05, 0) is 108 Å². The summed E-state index contributed by atoms with van der Waals surface area (Å²) in [5.74, 6) is 1.47. The topological polar surface area (TPSA) is 55.2 Å². The molecule has 0 atom stereocenters. The van der Waals surface area contributed by atoms with Crippen LogP contribution in [-0.4, -0.2) is 28.5 Å². The summed E-state index contributed by atoms with van der Waals surface area (Å²) >= 11 is 0. The lowest BCUT2D eigenvalue weighted by Crippen LogP contribution is -2.76. The van der Waals surface area contributed by atoms with Gasteiger partial charge in [-0.3, -0.25) is 4.98 Å². The number of hydrogen-bond acceptors (Lipinski definition) is 4. The Morgan fingerprint density at radius 2 is 1.22 bits per heavy atom. The zero-order valence-electron chi connectivity index (χ0n) is 33.4. The van der Waals surface area contributed by atoms with E-state index in [1.165, 1.54) is 43.6 Å². The summed E-state index contributed by atoms with van der Waals surface area (Å²) in [7, 11) is 0. The van der Waals surface area contributed by atoms with Gasteiger partial charge in [0.15, 0.2) is 11.5 Å². The quantitative estimate of drug-likeness (QED) is 0.144. The van der Waals surface area contributed by atoms with Gasteiger partial charge >= 0.3 is 0 Å². The van der Waals surface area contributed by atoms with Crippen LogP contribution in [0.4, 0.5) is 0 Å². The molecule has 280 valence electrons. The monoisotopic (exact) mass is 766 g/mol. The molecule has 3 aliphatic rings. The second-order valence-corrected chi connectivity index (χ2v) is 17.8. The fourth-order valence-electron chi connectivity index (χ4n) is 10.8. The number of para-hydroxylation sites is 1. The van der Waals surface area contributed by atoms with E-state index in [0.717, 1.165) is 77.4 Å². The van der Waals surface area contributed by atoms with E-state index < -0.39 is 0 Å². The molecule has 0 amide bonds. The highest BCUT2D eigenvalue weighted by Gasteiger charge is 2.48. The van der Waals surface area contributed by atoms with E-state index in [0.29, 0.717) is 5.75 Å². The molecule has 0 spiro atoms. The van der Waals surface area contributed by atoms with Crippen molar-refractivity contribution in [2.75, 3.05) is 0 Å². The minimum Gasteiger partial charge on any atom is -0.504 e. The summed E-state index contributed by atoms with van der Waals surface area (Å²) in [6, 6.07) is 54.3. The number of ether oxygens (including phenoxy) is 1. The van der Waals surface area contributed by atoms with Crippen LogP contribution in [0.2, 0.25) is 0 Å². The molecular weight excluding hydrogens is 730 g/mol. The van der Waals surface area contributed by atoms with Crippen molar-refractivity contribution in [1.82, 2.24) is 9.97 Å². The predicted molar refractivity (Wildman–Crippen MR) is 251 cm³/mol. The molecule has 0 aliphatic carbocycles. The molecule has 10 aromatic rings. The summed E-state index contributed by atoms with van der Waals surface area (Å²) in [4.78, 5) is 10.5. The largest absolute Gasteiger partial charge is 0.504 e. The van der Waals surface area contributed by atoms with Crippen LogP contribution in [0, 0.1) is 0 Å². The first-order valence-corrected chi connectivity index (χ1v) is 20.9. The van der Waals surface area contributed by atoms with E-state index in [9.17, 15) is 5.11 Å². The molecule has 0 fully saturated rings. The SMILES string of the molecule is CC(C)(C)c1cc(-c2cc(-c3ccccc3)ccn2)cc(-c2ccc3c4ccc5cccc6c5c4c4c5c7c(c(O)c4c3n2)Oc2ccccc2B7c2ccccc2B65)c1. The molecule has 1 N–H and O–H groups in total. The van der Waals surface area contributed by atoms with Crippen molar-refractivity contribution in [2.45, 2.75) is 26.2 Å². The summed E-state index contributed by atoms with van der Waals surface area (Å²) in [5, 5.41) is 20.5. The molecule has 0 saturated heterocycles. The average molecular weight is 767 g/mol. The molecule has 0 bridgehead atoms. The van der Waals surface area contributed by atoms with Crippen LogP contribution in [0.25, 0.3) is 76.9 Å². The molecule has 2 aromatic heterocycles. The number of rotatable bonds is 3. The van der Waals surface area contributed by atoms with Crippen LogP contribution in [0.15, 0.2) is 158 Å². The summed E-state index contributed by atoms with van der Waals surface area (Å²) < 4.78 is 6.87. The molecule has 13 rings (SSSR count). The molecule has 0 radical (unpaired) electrons. The van der Waals surface area contributed by atoms with Crippen LogP contribution in [0.3, 0.4) is 0 Å². The van der Waals surface area contributed by atoms with Gasteiger partial charge in [0, 0.05) is 22.7 Å². The van der Waals surface area contributed by atoms with Crippen molar-refractivity contribution in [3.05, 3.63) is 163 Å². The van der Waals surface area contributed by atoms with Gasteiger partial charge in [0.05, 0.1) is 22.3 Å². The van der Waals surface area contributed by atoms with E-state index in [2.05, 4.69) is 154 Å². The van der Waals surface area contributed by atoms with Crippen LogP contribution in [0.5, 0.6) is 17.2 Å². The highest BCUT2D eigenvalue weighted by atomic mass is 16.5. The summed E-state index contributed by atoms with van der Waals surface area (Å²) in [6.07, 6.45) is 1.90. The number of phenols is 1. The Morgan fingerprint density at radius 3 is 2.02 bits per heavy atom. The average Bonchev–Trinajstić information content (AvgIpc) is 3.29. The molecule has 6 heteroatoms. The predicted octanol–water partition coefficient (Wildman–Crippen LogP) is 8.86. The van der Waals surface area contributed by atoms with Gasteiger partial charge < -0.3 is 9.84 Å². The zero-order valence-corrected chi connectivity index (χ0v) is 33.4. The summed E-state index contributed by atoms with van der Waals surface area (Å²) in [5.41, 5.74) is 15.2. The van der Waals surface area contributed by atoms with Gasteiger partial charge in [0.1, 0.15) is 5.75 Å². The number of hydrogen-bond donors (Lipinski definition) is 1. The highest BCUT2D eigenvalue weighted by Crippen LogP contribution is 2.47. The highest BCUT2D eigenvalue weighted by molar-refractivity contribution is 7.14. The van der Waals surface area contributed by atoms with Gasteiger partial charge in [-0.1, -0.05) is 146 Å². The molecule has 5 heterocycles. The van der Waals surface area contributed by atoms with Gasteiger partial charge in [-0.2, -0.15) is 0 Å². The van der Waals surface area contributed by atoms with Crippen molar-refractivity contribution >= 4 is 89.4 Å². The van der Waals surface area contributed by atoms with Crippen molar-refractivity contribution in [3.8, 4) is 50.9 Å². The van der Waals surface area contributed by atoms with Crippen LogP contribution in [0.1, 0.15) is 26.3 Å². The number of aromatic hydroxyl groups is 1. The van der Waals surface area contributed by atoms with E-state index in [4.69, 9.17) is 14.7 Å². The van der Waals surface area contributed by atoms with Crippen molar-refractivity contribution < 1.29 is 9.84 Å². The number of pyridine rings is 2. The van der Waals surface area contributed by atoms with Crippen molar-refractivity contribution in [1.29, 1.82) is 0 Å². The first kappa shape index (κ1) is 33.8. The van der Waals surface area contributed by atoms with Crippen molar-refractivity contribution in [2.24, 2.45) is 0 Å². The maximum atomic E-state index is 12.9. The fourth-order valence-corrected chi connectivity index (χ4v) is 10.8. The second-order valence-electron chi connectivity index (χ2n) is 17.8. The maximum Gasteiger partial charge on any atom is 0.249 e. The molecule has 4 nitrogen and oxygen atoms in total. The van der Waals surface area contributed by atoms with E-state index in [-0.39, 0.29) is 24.6 Å². The lowest BCUT2D eigenvalue weighted by atomic mass is 9.19. The zero-order chi connectivity index (χ0) is 40.0. The Hall–Kier alpha value is -7.17. The lowest BCUT2D eigenvalue weighted by Gasteiger charge is -2.40. The Morgan fingerprint density at radius 1 is 0.517 bits per heavy atom. The normalized spacial score (nSPS) is 13.4. The molecule has 0 saturated carbocycles. The van der Waals surface area contributed by atoms with Crippen LogP contribution in [-0.2, 0) is 5.41 Å². The van der Waals surface area contributed by atoms with E-state index in [1.54, 1.807) is 0 Å². The fraction of sp³-hybridized carbons (Fsp3) is 0.0741. The van der Waals surface area contributed by atoms with Gasteiger partial charge in [-0.25, -0.2) is 4.98 Å². The Labute approximate surface area is 348 Å². The maximum absolute atomic E-state index is 12.9. The smallest absolute Gasteiger partial charge is 0.249 e. The van der Waals surface area contributed by atoms with Gasteiger partial charge in [0.2, 0.25) is 13.4 Å². The Bertz CT molecular complexity index is 3540. The second kappa shape index (κ2) is 12.0. The third-order valence-electron chi connectivity index (χ3n) is 13.5. The van der Waals surface area contributed by atoms with E-state index in [1.807, 2.05) is 24.4 Å². The number of nitrogens with zero attached hydrogens (tertiary/aromatic N) is 2.